The number of carboxylic acid groups (broad SMARTS) is 1. The van der Waals surface area contributed by atoms with Gasteiger partial charge in [0.1, 0.15) is 0 Å². The molecule has 1 rings (SSSR count). The van der Waals surface area contributed by atoms with Crippen LogP contribution in [0.1, 0.15) is 38.3 Å². The van der Waals surface area contributed by atoms with Crippen molar-refractivity contribution in [1.29, 1.82) is 0 Å². The van der Waals surface area contributed by atoms with Crippen LogP contribution in [0.15, 0.2) is 24.3 Å². The number of aryl methyl sites for hydroxylation is 2. The van der Waals surface area contributed by atoms with Crippen LogP contribution in [0.3, 0.4) is 0 Å². The fourth-order valence-corrected chi connectivity index (χ4v) is 1.82. The lowest BCUT2D eigenvalue weighted by Crippen LogP contribution is -2.46. The van der Waals surface area contributed by atoms with Gasteiger partial charge >= 0.3 is 11.9 Å². The van der Waals surface area contributed by atoms with Crippen LogP contribution in [0.5, 0.6) is 0 Å². The van der Waals surface area contributed by atoms with Gasteiger partial charge < -0.3 is 10.4 Å². The molecule has 0 radical (unpaired) electrons. The number of rotatable bonds is 5. The number of hydrogen-bond acceptors (Lipinski definition) is 2. The summed E-state index contributed by atoms with van der Waals surface area (Å²) in [6.45, 7) is 5.77. The Kier molecular flexibility index (Phi) is 5.10. The monoisotopic (exact) mass is 263 g/mol. The number of aliphatic carboxylic acids is 1. The lowest BCUT2D eigenvalue weighted by molar-refractivity contribution is -0.151. The van der Waals surface area contributed by atoms with Crippen LogP contribution >= 0.6 is 0 Å². The Hall–Kier alpha value is -1.84. The zero-order valence-electron chi connectivity index (χ0n) is 11.7. The third-order valence-corrected chi connectivity index (χ3v) is 3.12. The van der Waals surface area contributed by atoms with Gasteiger partial charge in [-0.2, -0.15) is 0 Å². The van der Waals surface area contributed by atoms with E-state index in [1.54, 1.807) is 0 Å². The van der Waals surface area contributed by atoms with Crippen LogP contribution < -0.4 is 5.32 Å². The second-order valence-corrected chi connectivity index (χ2v) is 5.31. The standard InChI is InChI=1S/C15H21NO3/c1-4-11-5-7-12(8-6-11)9-10-15(2,3)16-13(17)14(18)19/h5-8H,4,9-10H2,1-3H3,(H,16,17)(H,18,19). The van der Waals surface area contributed by atoms with Crippen molar-refractivity contribution in [1.82, 2.24) is 5.32 Å². The largest absolute Gasteiger partial charge is 0.474 e. The van der Waals surface area contributed by atoms with E-state index in [1.165, 1.54) is 11.1 Å². The molecule has 0 aliphatic carbocycles. The lowest BCUT2D eigenvalue weighted by Gasteiger charge is -2.25. The van der Waals surface area contributed by atoms with Gasteiger partial charge in [0.15, 0.2) is 0 Å². The van der Waals surface area contributed by atoms with Crippen LogP contribution in [-0.2, 0) is 22.4 Å². The van der Waals surface area contributed by atoms with Gasteiger partial charge in [-0.05, 0) is 44.2 Å². The molecule has 0 aliphatic heterocycles. The Balaban J connectivity index is 2.54. The summed E-state index contributed by atoms with van der Waals surface area (Å²) in [5.74, 6) is -2.40. The van der Waals surface area contributed by atoms with Crippen LogP contribution in [-0.4, -0.2) is 22.5 Å². The molecule has 0 aliphatic rings. The molecule has 0 saturated carbocycles. The predicted molar refractivity (Wildman–Crippen MR) is 74.0 cm³/mol. The highest BCUT2D eigenvalue weighted by Gasteiger charge is 2.23. The molecule has 1 aromatic rings. The van der Waals surface area contributed by atoms with Gasteiger partial charge in [0.05, 0.1) is 0 Å². The maximum Gasteiger partial charge on any atom is 0.394 e. The van der Waals surface area contributed by atoms with Crippen LogP contribution in [0, 0.1) is 0 Å². The smallest absolute Gasteiger partial charge is 0.394 e. The highest BCUT2D eigenvalue weighted by atomic mass is 16.4. The summed E-state index contributed by atoms with van der Waals surface area (Å²) in [7, 11) is 0. The molecule has 104 valence electrons. The molecule has 2 N–H and O–H groups in total. The Morgan fingerprint density at radius 3 is 2.16 bits per heavy atom. The van der Waals surface area contributed by atoms with Crippen LogP contribution in [0.4, 0.5) is 0 Å². The summed E-state index contributed by atoms with van der Waals surface area (Å²) >= 11 is 0. The van der Waals surface area contributed by atoms with E-state index < -0.39 is 17.4 Å². The predicted octanol–water partition coefficient (Wildman–Crippen LogP) is 2.16. The third kappa shape index (κ3) is 5.12. The van der Waals surface area contributed by atoms with Crippen molar-refractivity contribution in [3.8, 4) is 0 Å². The first kappa shape index (κ1) is 15.2. The van der Waals surface area contributed by atoms with E-state index in [0.29, 0.717) is 6.42 Å². The maximum absolute atomic E-state index is 11.1. The lowest BCUT2D eigenvalue weighted by atomic mass is 9.94. The van der Waals surface area contributed by atoms with Gasteiger partial charge in [-0.25, -0.2) is 4.79 Å². The molecule has 0 fully saturated rings. The first-order chi connectivity index (χ1) is 8.84. The summed E-state index contributed by atoms with van der Waals surface area (Å²) in [4.78, 5) is 21.7. The summed E-state index contributed by atoms with van der Waals surface area (Å²) < 4.78 is 0. The molecule has 0 bridgehead atoms. The van der Waals surface area contributed by atoms with Crippen molar-refractivity contribution < 1.29 is 14.7 Å². The van der Waals surface area contributed by atoms with E-state index in [1.807, 2.05) is 13.8 Å². The number of amides is 1. The van der Waals surface area contributed by atoms with Crippen molar-refractivity contribution >= 4 is 11.9 Å². The molecule has 19 heavy (non-hydrogen) atoms. The van der Waals surface area contributed by atoms with E-state index in [9.17, 15) is 9.59 Å². The third-order valence-electron chi connectivity index (χ3n) is 3.12. The first-order valence-electron chi connectivity index (χ1n) is 6.47. The number of hydrogen-bond donors (Lipinski definition) is 2. The van der Waals surface area contributed by atoms with Crippen molar-refractivity contribution in [2.45, 2.75) is 45.6 Å². The zero-order chi connectivity index (χ0) is 14.5. The second-order valence-electron chi connectivity index (χ2n) is 5.31. The van der Waals surface area contributed by atoms with E-state index in [2.05, 4.69) is 36.5 Å². The minimum Gasteiger partial charge on any atom is -0.474 e. The zero-order valence-corrected chi connectivity index (χ0v) is 11.7. The average molecular weight is 263 g/mol. The number of nitrogens with one attached hydrogen (secondary N) is 1. The van der Waals surface area contributed by atoms with Crippen molar-refractivity contribution in [2.24, 2.45) is 0 Å². The van der Waals surface area contributed by atoms with Crippen molar-refractivity contribution in [3.05, 3.63) is 35.4 Å². The van der Waals surface area contributed by atoms with Gasteiger partial charge in [0.2, 0.25) is 0 Å². The fraction of sp³-hybridized carbons (Fsp3) is 0.467. The summed E-state index contributed by atoms with van der Waals surface area (Å²) in [5, 5.41) is 11.1. The highest BCUT2D eigenvalue weighted by molar-refractivity contribution is 6.31. The number of benzene rings is 1. The molecule has 4 heteroatoms. The van der Waals surface area contributed by atoms with Crippen molar-refractivity contribution in [2.75, 3.05) is 0 Å². The molecule has 0 aromatic heterocycles. The SMILES string of the molecule is CCc1ccc(CCC(C)(C)NC(=O)C(=O)O)cc1. The Morgan fingerprint density at radius 1 is 1.16 bits per heavy atom. The molecule has 0 spiro atoms. The highest BCUT2D eigenvalue weighted by Crippen LogP contribution is 2.14. The van der Waals surface area contributed by atoms with E-state index >= 15 is 0 Å². The maximum atomic E-state index is 11.1. The Morgan fingerprint density at radius 2 is 1.68 bits per heavy atom. The van der Waals surface area contributed by atoms with E-state index in [-0.39, 0.29) is 0 Å². The minimum atomic E-state index is -1.44. The minimum absolute atomic E-state index is 0.529. The van der Waals surface area contributed by atoms with Gasteiger partial charge in [-0.3, -0.25) is 4.79 Å². The van der Waals surface area contributed by atoms with Gasteiger partial charge in [-0.1, -0.05) is 31.2 Å². The molecular formula is C15H21NO3. The first-order valence-corrected chi connectivity index (χ1v) is 6.47. The molecule has 1 aromatic carbocycles. The summed E-state index contributed by atoms with van der Waals surface area (Å²) in [6.07, 6.45) is 2.51. The topological polar surface area (TPSA) is 66.4 Å². The van der Waals surface area contributed by atoms with Crippen LogP contribution in [0.25, 0.3) is 0 Å². The Bertz CT molecular complexity index is 449. The number of carboxylic acids is 1. The van der Waals surface area contributed by atoms with E-state index in [4.69, 9.17) is 5.11 Å². The average Bonchev–Trinajstić information content (AvgIpc) is 2.36. The summed E-state index contributed by atoms with van der Waals surface area (Å²) in [5.41, 5.74) is 1.95. The van der Waals surface area contributed by atoms with Gasteiger partial charge in [0, 0.05) is 5.54 Å². The van der Waals surface area contributed by atoms with Gasteiger partial charge in [-0.15, -0.1) is 0 Å². The molecule has 0 heterocycles. The molecule has 1 amide bonds. The fourth-order valence-electron chi connectivity index (χ4n) is 1.82. The van der Waals surface area contributed by atoms with Crippen molar-refractivity contribution in [3.63, 3.8) is 0 Å². The molecular weight excluding hydrogens is 242 g/mol. The summed E-state index contributed by atoms with van der Waals surface area (Å²) in [6, 6.07) is 8.35. The Labute approximate surface area is 113 Å². The van der Waals surface area contributed by atoms with Gasteiger partial charge in [0.25, 0.3) is 0 Å². The normalized spacial score (nSPS) is 11.1. The van der Waals surface area contributed by atoms with Crippen LogP contribution in [0.2, 0.25) is 0 Å². The number of carbonyl (C=O) groups excluding carboxylic acids is 1. The molecule has 4 nitrogen and oxygen atoms in total. The molecule has 0 saturated heterocycles. The molecule has 0 unspecified atom stereocenters. The molecule has 0 atom stereocenters. The second kappa shape index (κ2) is 6.36. The quantitative estimate of drug-likeness (QED) is 0.800. The number of carbonyl (C=O) groups is 2. The van der Waals surface area contributed by atoms with E-state index in [0.717, 1.165) is 12.8 Å².